The maximum Gasteiger partial charge on any atom is 0.222 e. The molecule has 16 heavy (non-hydrogen) atoms. The van der Waals surface area contributed by atoms with Gasteiger partial charge in [-0.15, -0.1) is 0 Å². The third-order valence-corrected chi connectivity index (χ3v) is 3.25. The smallest absolute Gasteiger partial charge is 0.222 e. The molecule has 2 N–H and O–H groups in total. The topological polar surface area (TPSA) is 55.0 Å². The van der Waals surface area contributed by atoms with Crippen molar-refractivity contribution in [1.29, 1.82) is 0 Å². The summed E-state index contributed by atoms with van der Waals surface area (Å²) in [6.07, 6.45) is 5.42. The molecule has 4 nitrogen and oxygen atoms in total. The van der Waals surface area contributed by atoms with Gasteiger partial charge in [0.15, 0.2) is 0 Å². The first kappa shape index (κ1) is 11.8. The van der Waals surface area contributed by atoms with Crippen LogP contribution in [0.5, 0.6) is 0 Å². The van der Waals surface area contributed by atoms with E-state index < -0.39 is 0 Å². The molecule has 1 fully saturated rings. The molecule has 0 saturated carbocycles. The van der Waals surface area contributed by atoms with Crippen molar-refractivity contribution in [3.8, 4) is 0 Å². The third kappa shape index (κ3) is 2.90. The lowest BCUT2D eigenvalue weighted by molar-refractivity contribution is 0.143. The minimum atomic E-state index is 0.318. The number of rotatable bonds is 3. The van der Waals surface area contributed by atoms with E-state index in [1.807, 2.05) is 6.07 Å². The first-order chi connectivity index (χ1) is 7.79. The molecule has 1 aromatic heterocycles. The van der Waals surface area contributed by atoms with Crippen LogP contribution in [0.4, 0.5) is 0 Å². The molecule has 0 spiro atoms. The number of nitrogens with two attached hydrogens (primary N) is 1. The highest BCUT2D eigenvalue weighted by atomic mass is 35.5. The second-order valence-electron chi connectivity index (χ2n) is 4.17. The Morgan fingerprint density at radius 1 is 1.50 bits per heavy atom. The molecule has 0 aliphatic carbocycles. The summed E-state index contributed by atoms with van der Waals surface area (Å²) in [6, 6.07) is 2.40. The SMILES string of the molecule is NC[C@@H]1CCCCN1Cc1ccnc(Cl)n1. The number of likely N-dealkylation sites (tertiary alicyclic amines) is 1. The average molecular weight is 241 g/mol. The molecule has 0 bridgehead atoms. The highest BCUT2D eigenvalue weighted by Gasteiger charge is 2.21. The maximum absolute atomic E-state index is 5.78. The fourth-order valence-corrected chi connectivity index (χ4v) is 2.37. The molecule has 0 aromatic carbocycles. The van der Waals surface area contributed by atoms with Gasteiger partial charge >= 0.3 is 0 Å². The molecule has 1 aromatic rings. The van der Waals surface area contributed by atoms with Crippen molar-refractivity contribution >= 4 is 11.6 Å². The molecule has 1 aliphatic heterocycles. The fraction of sp³-hybridized carbons (Fsp3) is 0.636. The van der Waals surface area contributed by atoms with Crippen molar-refractivity contribution in [1.82, 2.24) is 14.9 Å². The van der Waals surface area contributed by atoms with Crippen molar-refractivity contribution in [2.24, 2.45) is 5.73 Å². The molecule has 5 heteroatoms. The van der Waals surface area contributed by atoms with Gasteiger partial charge in [0.05, 0.1) is 5.69 Å². The van der Waals surface area contributed by atoms with Crippen LogP contribution in [0.1, 0.15) is 25.0 Å². The van der Waals surface area contributed by atoms with E-state index in [2.05, 4.69) is 14.9 Å². The molecule has 1 aliphatic rings. The zero-order valence-electron chi connectivity index (χ0n) is 9.27. The summed E-state index contributed by atoms with van der Waals surface area (Å²) >= 11 is 5.77. The largest absolute Gasteiger partial charge is 0.329 e. The number of aromatic nitrogens is 2. The van der Waals surface area contributed by atoms with Crippen LogP contribution >= 0.6 is 11.6 Å². The number of halogens is 1. The van der Waals surface area contributed by atoms with Crippen LogP contribution in [0.15, 0.2) is 12.3 Å². The van der Waals surface area contributed by atoms with E-state index in [0.29, 0.717) is 11.3 Å². The van der Waals surface area contributed by atoms with E-state index in [0.717, 1.165) is 25.3 Å². The van der Waals surface area contributed by atoms with Gasteiger partial charge in [-0.1, -0.05) is 6.42 Å². The Hall–Kier alpha value is -0.710. The van der Waals surface area contributed by atoms with Crippen LogP contribution in [0.2, 0.25) is 5.28 Å². The van der Waals surface area contributed by atoms with Gasteiger partial charge in [0.2, 0.25) is 5.28 Å². The maximum atomic E-state index is 5.78. The first-order valence-electron chi connectivity index (χ1n) is 5.71. The van der Waals surface area contributed by atoms with E-state index in [9.17, 15) is 0 Å². The molecule has 0 amide bonds. The Labute approximate surface area is 101 Å². The first-order valence-corrected chi connectivity index (χ1v) is 6.09. The van der Waals surface area contributed by atoms with Gasteiger partial charge in [-0.3, -0.25) is 4.90 Å². The number of hydrogen-bond donors (Lipinski definition) is 1. The quantitative estimate of drug-likeness (QED) is 0.813. The fourth-order valence-electron chi connectivity index (χ4n) is 2.20. The Kier molecular flexibility index (Phi) is 4.09. The van der Waals surface area contributed by atoms with Crippen LogP contribution in [-0.4, -0.2) is 34.0 Å². The van der Waals surface area contributed by atoms with Gasteiger partial charge in [-0.2, -0.15) is 0 Å². The second kappa shape index (κ2) is 5.57. The van der Waals surface area contributed by atoms with Crippen molar-refractivity contribution in [2.45, 2.75) is 31.8 Å². The molecule has 2 heterocycles. The van der Waals surface area contributed by atoms with Crippen LogP contribution < -0.4 is 5.73 Å². The summed E-state index contributed by atoms with van der Waals surface area (Å²) in [5.41, 5.74) is 6.75. The van der Waals surface area contributed by atoms with Crippen molar-refractivity contribution in [3.63, 3.8) is 0 Å². The predicted molar refractivity (Wildman–Crippen MR) is 64.1 cm³/mol. The predicted octanol–water partition coefficient (Wildman–Crippen LogP) is 1.44. The molecule has 0 unspecified atom stereocenters. The highest BCUT2D eigenvalue weighted by Crippen LogP contribution is 2.18. The Morgan fingerprint density at radius 3 is 3.12 bits per heavy atom. The zero-order valence-corrected chi connectivity index (χ0v) is 10.0. The van der Waals surface area contributed by atoms with E-state index in [1.54, 1.807) is 6.20 Å². The van der Waals surface area contributed by atoms with Crippen molar-refractivity contribution < 1.29 is 0 Å². The molecule has 2 rings (SSSR count). The Morgan fingerprint density at radius 2 is 2.38 bits per heavy atom. The summed E-state index contributed by atoms with van der Waals surface area (Å²) in [6.45, 7) is 2.65. The van der Waals surface area contributed by atoms with Crippen molar-refractivity contribution in [3.05, 3.63) is 23.2 Å². The van der Waals surface area contributed by atoms with Gasteiger partial charge < -0.3 is 5.73 Å². The average Bonchev–Trinajstić information content (AvgIpc) is 2.30. The second-order valence-corrected chi connectivity index (χ2v) is 4.51. The van der Waals surface area contributed by atoms with Gasteiger partial charge in [0.25, 0.3) is 0 Å². The standard InChI is InChI=1S/C11H17ClN4/c12-11-14-5-4-9(15-11)8-16-6-2-1-3-10(16)7-13/h4-5,10H,1-3,6-8,13H2/t10-/m0/s1. The number of hydrogen-bond acceptors (Lipinski definition) is 4. The third-order valence-electron chi connectivity index (χ3n) is 3.07. The van der Waals surface area contributed by atoms with E-state index in [1.165, 1.54) is 19.3 Å². The van der Waals surface area contributed by atoms with Crippen LogP contribution in [0.3, 0.4) is 0 Å². The van der Waals surface area contributed by atoms with Gasteiger partial charge in [0.1, 0.15) is 0 Å². The summed E-state index contributed by atoms with van der Waals surface area (Å²) in [7, 11) is 0. The summed E-state index contributed by atoms with van der Waals surface area (Å²) in [5.74, 6) is 0. The highest BCUT2D eigenvalue weighted by molar-refractivity contribution is 6.28. The number of piperidine rings is 1. The van der Waals surface area contributed by atoms with Gasteiger partial charge in [-0.05, 0) is 37.1 Å². The molecule has 1 atom stereocenters. The van der Waals surface area contributed by atoms with Crippen LogP contribution in [0.25, 0.3) is 0 Å². The monoisotopic (exact) mass is 240 g/mol. The zero-order chi connectivity index (χ0) is 11.4. The molecular weight excluding hydrogens is 224 g/mol. The molecule has 1 saturated heterocycles. The summed E-state index contributed by atoms with van der Waals surface area (Å²) < 4.78 is 0. The minimum absolute atomic E-state index is 0.318. The van der Waals surface area contributed by atoms with Gasteiger partial charge in [0, 0.05) is 25.3 Å². The lowest BCUT2D eigenvalue weighted by atomic mass is 10.0. The molecule has 0 radical (unpaired) electrons. The summed E-state index contributed by atoms with van der Waals surface area (Å²) in [5, 5.41) is 0.318. The lowest BCUT2D eigenvalue weighted by Gasteiger charge is -2.34. The molecular formula is C11H17ClN4. The van der Waals surface area contributed by atoms with Crippen LogP contribution in [0, 0.1) is 0 Å². The van der Waals surface area contributed by atoms with E-state index in [4.69, 9.17) is 17.3 Å². The Bertz CT molecular complexity index is 345. The molecule has 88 valence electrons. The van der Waals surface area contributed by atoms with Crippen LogP contribution in [-0.2, 0) is 6.54 Å². The minimum Gasteiger partial charge on any atom is -0.329 e. The van der Waals surface area contributed by atoms with E-state index >= 15 is 0 Å². The Balaban J connectivity index is 2.02. The van der Waals surface area contributed by atoms with Crippen molar-refractivity contribution in [2.75, 3.05) is 13.1 Å². The van der Waals surface area contributed by atoms with E-state index in [-0.39, 0.29) is 0 Å². The van der Waals surface area contributed by atoms with Gasteiger partial charge in [-0.25, -0.2) is 9.97 Å². The normalized spacial score (nSPS) is 22.2. The number of nitrogens with zero attached hydrogens (tertiary/aromatic N) is 3. The summed E-state index contributed by atoms with van der Waals surface area (Å²) in [4.78, 5) is 10.5. The lowest BCUT2D eigenvalue weighted by Crippen LogP contribution is -2.43.